The van der Waals surface area contributed by atoms with E-state index in [0.717, 1.165) is 5.56 Å². The highest BCUT2D eigenvalue weighted by Gasteiger charge is 2.42. The first-order valence-electron chi connectivity index (χ1n) is 9.42. The third-order valence-electron chi connectivity index (χ3n) is 5.51. The third-order valence-corrected chi connectivity index (χ3v) is 5.51. The Kier molecular flexibility index (Phi) is 6.84. The predicted molar refractivity (Wildman–Crippen MR) is 107 cm³/mol. The van der Waals surface area contributed by atoms with Crippen molar-refractivity contribution in [2.24, 2.45) is 11.8 Å². The van der Waals surface area contributed by atoms with E-state index in [0.29, 0.717) is 35.2 Å². The summed E-state index contributed by atoms with van der Waals surface area (Å²) < 4.78 is 27.3. The van der Waals surface area contributed by atoms with E-state index >= 15 is 0 Å². The molecule has 1 aliphatic rings. The van der Waals surface area contributed by atoms with Gasteiger partial charge in [-0.3, -0.25) is 0 Å². The van der Waals surface area contributed by atoms with Crippen molar-refractivity contribution in [3.05, 3.63) is 47.5 Å². The lowest BCUT2D eigenvalue weighted by atomic mass is 9.82. The van der Waals surface area contributed by atoms with Crippen LogP contribution in [0.5, 0.6) is 23.0 Å². The lowest BCUT2D eigenvalue weighted by molar-refractivity contribution is 0.0632. The van der Waals surface area contributed by atoms with Crippen LogP contribution >= 0.6 is 0 Å². The van der Waals surface area contributed by atoms with Gasteiger partial charge in [-0.25, -0.2) is 0 Å². The Hall–Kier alpha value is -2.48. The van der Waals surface area contributed by atoms with Crippen LogP contribution in [0, 0.1) is 11.8 Å². The van der Waals surface area contributed by atoms with Crippen molar-refractivity contribution in [1.82, 2.24) is 0 Å². The fourth-order valence-electron chi connectivity index (χ4n) is 3.90. The number of ether oxygens (including phenoxy) is 5. The SMILES string of the molecule is COc1ccc(C(O)[C@H]2CO[C@H](c3ccc(OC)c(OC)c3)[C@@H]2CO)cc1OC. The van der Waals surface area contributed by atoms with Crippen LogP contribution in [-0.4, -0.2) is 51.9 Å². The first kappa shape index (κ1) is 21.2. The van der Waals surface area contributed by atoms with Crippen LogP contribution in [0.2, 0.25) is 0 Å². The maximum atomic E-state index is 11.0. The van der Waals surface area contributed by atoms with Crippen LogP contribution < -0.4 is 18.9 Å². The van der Waals surface area contributed by atoms with Crippen molar-refractivity contribution in [1.29, 1.82) is 0 Å². The molecule has 0 bridgehead atoms. The Balaban J connectivity index is 1.85. The van der Waals surface area contributed by atoms with Gasteiger partial charge >= 0.3 is 0 Å². The van der Waals surface area contributed by atoms with E-state index in [4.69, 9.17) is 23.7 Å². The van der Waals surface area contributed by atoms with Crippen LogP contribution in [0.25, 0.3) is 0 Å². The van der Waals surface area contributed by atoms with Crippen molar-refractivity contribution >= 4 is 0 Å². The van der Waals surface area contributed by atoms with Crippen LogP contribution in [0.3, 0.4) is 0 Å². The second-order valence-electron chi connectivity index (χ2n) is 6.94. The highest BCUT2D eigenvalue weighted by molar-refractivity contribution is 5.45. The third kappa shape index (κ3) is 4.12. The van der Waals surface area contributed by atoms with E-state index in [9.17, 15) is 10.2 Å². The molecule has 0 radical (unpaired) electrons. The normalized spacial score (nSPS) is 22.2. The van der Waals surface area contributed by atoms with Crippen molar-refractivity contribution in [3.63, 3.8) is 0 Å². The average molecular weight is 404 g/mol. The molecule has 1 fully saturated rings. The molecule has 0 spiro atoms. The first-order chi connectivity index (χ1) is 14.1. The van der Waals surface area contributed by atoms with Gasteiger partial charge < -0.3 is 33.9 Å². The molecule has 29 heavy (non-hydrogen) atoms. The molecule has 158 valence electrons. The quantitative estimate of drug-likeness (QED) is 0.700. The molecule has 7 nitrogen and oxygen atoms in total. The molecule has 1 saturated heterocycles. The van der Waals surface area contributed by atoms with E-state index in [1.54, 1.807) is 46.6 Å². The Labute approximate surface area is 170 Å². The summed E-state index contributed by atoms with van der Waals surface area (Å²) in [7, 11) is 6.27. The second kappa shape index (κ2) is 9.35. The summed E-state index contributed by atoms with van der Waals surface area (Å²) in [4.78, 5) is 0. The van der Waals surface area contributed by atoms with Gasteiger partial charge in [-0.2, -0.15) is 0 Å². The molecule has 1 unspecified atom stereocenters. The zero-order chi connectivity index (χ0) is 21.0. The maximum Gasteiger partial charge on any atom is 0.161 e. The number of aliphatic hydroxyl groups is 2. The van der Waals surface area contributed by atoms with Crippen LogP contribution in [-0.2, 0) is 4.74 Å². The standard InChI is InChI=1S/C22H28O7/c1-25-17-7-5-13(9-19(17)27-3)21(24)16-12-29-22(15(16)11-23)14-6-8-18(26-2)20(10-14)28-4/h5-10,15-16,21-24H,11-12H2,1-4H3/t15-,16+,21?,22-/m1/s1. The van der Waals surface area contributed by atoms with Gasteiger partial charge in [0.2, 0.25) is 0 Å². The van der Waals surface area contributed by atoms with Gasteiger partial charge in [0.25, 0.3) is 0 Å². The van der Waals surface area contributed by atoms with Crippen LogP contribution in [0.4, 0.5) is 0 Å². The summed E-state index contributed by atoms with van der Waals surface area (Å²) in [5.74, 6) is 1.78. The van der Waals surface area contributed by atoms with E-state index in [1.807, 2.05) is 18.2 Å². The highest BCUT2D eigenvalue weighted by Crippen LogP contribution is 2.46. The molecule has 1 heterocycles. The molecule has 7 heteroatoms. The molecule has 0 amide bonds. The zero-order valence-electron chi connectivity index (χ0n) is 17.1. The van der Waals surface area contributed by atoms with Crippen molar-refractivity contribution in [2.45, 2.75) is 12.2 Å². The van der Waals surface area contributed by atoms with E-state index in [-0.39, 0.29) is 24.5 Å². The van der Waals surface area contributed by atoms with Gasteiger partial charge in [0.1, 0.15) is 0 Å². The molecule has 0 saturated carbocycles. The Bertz CT molecular complexity index is 823. The lowest BCUT2D eigenvalue weighted by Gasteiger charge is -2.26. The van der Waals surface area contributed by atoms with Gasteiger partial charge in [0, 0.05) is 18.4 Å². The van der Waals surface area contributed by atoms with E-state index < -0.39 is 6.10 Å². The fourth-order valence-corrected chi connectivity index (χ4v) is 3.90. The number of rotatable bonds is 8. The van der Waals surface area contributed by atoms with Crippen LogP contribution in [0.15, 0.2) is 36.4 Å². The smallest absolute Gasteiger partial charge is 0.161 e. The topological polar surface area (TPSA) is 86.6 Å². The average Bonchev–Trinajstić information content (AvgIpc) is 3.21. The van der Waals surface area contributed by atoms with Gasteiger partial charge in [-0.1, -0.05) is 12.1 Å². The number of hydrogen-bond acceptors (Lipinski definition) is 7. The summed E-state index contributed by atoms with van der Waals surface area (Å²) in [5.41, 5.74) is 1.55. The molecule has 1 aliphatic heterocycles. The van der Waals surface area contributed by atoms with Crippen molar-refractivity contribution in [2.75, 3.05) is 41.7 Å². The number of hydrogen-bond donors (Lipinski definition) is 2. The summed E-state index contributed by atoms with van der Waals surface area (Å²) in [6, 6.07) is 10.8. The van der Waals surface area contributed by atoms with Gasteiger partial charge in [-0.05, 0) is 35.4 Å². The Morgan fingerprint density at radius 2 is 1.48 bits per heavy atom. The summed E-state index contributed by atoms with van der Waals surface area (Å²) >= 11 is 0. The lowest BCUT2D eigenvalue weighted by Crippen LogP contribution is -2.25. The maximum absolute atomic E-state index is 11.0. The molecular weight excluding hydrogens is 376 g/mol. The molecule has 4 atom stereocenters. The summed E-state index contributed by atoms with van der Waals surface area (Å²) in [6.07, 6.45) is -1.18. The summed E-state index contributed by atoms with van der Waals surface area (Å²) in [6.45, 7) is 0.202. The van der Waals surface area contributed by atoms with Gasteiger partial charge in [0.15, 0.2) is 23.0 Å². The highest BCUT2D eigenvalue weighted by atomic mass is 16.5. The Morgan fingerprint density at radius 3 is 2.07 bits per heavy atom. The zero-order valence-corrected chi connectivity index (χ0v) is 17.1. The molecule has 2 N–H and O–H groups in total. The molecular formula is C22H28O7. The van der Waals surface area contributed by atoms with Gasteiger partial charge in [-0.15, -0.1) is 0 Å². The molecule has 0 aliphatic carbocycles. The van der Waals surface area contributed by atoms with E-state index in [2.05, 4.69) is 0 Å². The van der Waals surface area contributed by atoms with Crippen molar-refractivity contribution < 1.29 is 33.9 Å². The first-order valence-corrected chi connectivity index (χ1v) is 9.42. The number of aliphatic hydroxyl groups excluding tert-OH is 2. The number of benzene rings is 2. The molecule has 2 aromatic rings. The second-order valence-corrected chi connectivity index (χ2v) is 6.94. The fraction of sp³-hybridized carbons (Fsp3) is 0.455. The molecule has 0 aromatic heterocycles. The van der Waals surface area contributed by atoms with Crippen molar-refractivity contribution in [3.8, 4) is 23.0 Å². The molecule has 3 rings (SSSR count). The minimum absolute atomic E-state index is 0.117. The summed E-state index contributed by atoms with van der Waals surface area (Å²) in [5, 5.41) is 21.1. The van der Waals surface area contributed by atoms with Gasteiger partial charge in [0.05, 0.1) is 47.3 Å². The Morgan fingerprint density at radius 1 is 0.897 bits per heavy atom. The minimum atomic E-state index is -0.822. The largest absolute Gasteiger partial charge is 0.493 e. The van der Waals surface area contributed by atoms with E-state index in [1.165, 1.54) is 0 Å². The number of methoxy groups -OCH3 is 4. The molecule has 2 aromatic carbocycles. The minimum Gasteiger partial charge on any atom is -0.493 e. The van der Waals surface area contributed by atoms with Crippen LogP contribution in [0.1, 0.15) is 23.3 Å². The predicted octanol–water partition coefficient (Wildman–Crippen LogP) is 2.75. The monoisotopic (exact) mass is 404 g/mol.